The Bertz CT molecular complexity index is 1190. The van der Waals surface area contributed by atoms with E-state index < -0.39 is 0 Å². The number of aryl methyl sites for hydroxylation is 2. The van der Waals surface area contributed by atoms with E-state index in [1.807, 2.05) is 47.9 Å². The van der Waals surface area contributed by atoms with Crippen molar-refractivity contribution >= 4 is 17.2 Å². The molecule has 5 heteroatoms. The topological polar surface area (TPSA) is 65.8 Å². The lowest BCUT2D eigenvalue weighted by Gasteiger charge is -2.01. The zero-order chi connectivity index (χ0) is 18.8. The molecule has 130 valence electrons. The number of fused-ring (bicyclic) bond motifs is 1. The van der Waals surface area contributed by atoms with Crippen molar-refractivity contribution in [2.24, 2.45) is 10.2 Å². The Morgan fingerprint density at radius 3 is 2.52 bits per heavy atom. The zero-order valence-corrected chi connectivity index (χ0v) is 15.1. The Morgan fingerprint density at radius 2 is 1.74 bits per heavy atom. The van der Waals surface area contributed by atoms with Crippen LogP contribution in [0.25, 0.3) is 16.9 Å². The zero-order valence-electron chi connectivity index (χ0n) is 15.1. The minimum absolute atomic E-state index is 0.555. The molecule has 0 aliphatic rings. The van der Waals surface area contributed by atoms with E-state index >= 15 is 0 Å². The van der Waals surface area contributed by atoms with E-state index in [1.165, 1.54) is 5.56 Å². The van der Waals surface area contributed by atoms with Gasteiger partial charge in [0.15, 0.2) is 5.82 Å². The number of hydrogen-bond acceptors (Lipinski definition) is 4. The van der Waals surface area contributed by atoms with Crippen molar-refractivity contribution in [3.05, 3.63) is 83.6 Å². The number of aromatic nitrogens is 2. The van der Waals surface area contributed by atoms with Crippen LogP contribution in [0, 0.1) is 25.2 Å². The third-order valence-corrected chi connectivity index (χ3v) is 4.32. The second-order valence-corrected chi connectivity index (χ2v) is 6.44. The fourth-order valence-corrected chi connectivity index (χ4v) is 2.88. The average molecular weight is 351 g/mol. The van der Waals surface area contributed by atoms with Gasteiger partial charge >= 0.3 is 0 Å². The quantitative estimate of drug-likeness (QED) is 0.431. The molecule has 0 radical (unpaired) electrons. The molecule has 0 aliphatic carbocycles. The van der Waals surface area contributed by atoms with Crippen LogP contribution in [0.4, 0.5) is 11.5 Å². The van der Waals surface area contributed by atoms with E-state index in [1.54, 1.807) is 18.2 Å². The minimum Gasteiger partial charge on any atom is -0.283 e. The third-order valence-electron chi connectivity index (χ3n) is 4.32. The number of imidazole rings is 1. The van der Waals surface area contributed by atoms with Crippen molar-refractivity contribution in [2.45, 2.75) is 13.8 Å². The van der Waals surface area contributed by atoms with Gasteiger partial charge in [-0.3, -0.25) is 4.40 Å². The van der Waals surface area contributed by atoms with E-state index in [-0.39, 0.29) is 0 Å². The van der Waals surface area contributed by atoms with Crippen LogP contribution < -0.4 is 0 Å². The van der Waals surface area contributed by atoms with Gasteiger partial charge in [0.25, 0.3) is 0 Å². The molecule has 0 N–H and O–H groups in total. The predicted octanol–water partition coefficient (Wildman–Crippen LogP) is 5.91. The molecule has 0 bridgehead atoms. The number of nitrogens with zero attached hydrogens (tertiary/aromatic N) is 5. The average Bonchev–Trinajstić information content (AvgIpc) is 3.04. The first kappa shape index (κ1) is 16.7. The molecule has 2 aromatic carbocycles. The molecule has 0 spiro atoms. The maximum atomic E-state index is 9.06. The van der Waals surface area contributed by atoms with Gasteiger partial charge in [-0.15, -0.1) is 10.2 Å². The highest BCUT2D eigenvalue weighted by molar-refractivity contribution is 5.74. The molecular formula is C22H17N5. The molecule has 2 heterocycles. The molecule has 5 nitrogen and oxygen atoms in total. The molecule has 0 atom stereocenters. The molecule has 0 amide bonds. The summed E-state index contributed by atoms with van der Waals surface area (Å²) in [5.41, 5.74) is 6.10. The van der Waals surface area contributed by atoms with E-state index in [0.717, 1.165) is 22.5 Å². The van der Waals surface area contributed by atoms with Crippen molar-refractivity contribution in [2.75, 3.05) is 0 Å². The van der Waals surface area contributed by atoms with E-state index in [9.17, 15) is 0 Å². The first-order valence-electron chi connectivity index (χ1n) is 8.62. The number of nitriles is 1. The van der Waals surface area contributed by atoms with Crippen molar-refractivity contribution in [1.82, 2.24) is 9.38 Å². The Balaban J connectivity index is 1.87. The van der Waals surface area contributed by atoms with Gasteiger partial charge in [-0.05, 0) is 49.7 Å². The molecule has 0 fully saturated rings. The van der Waals surface area contributed by atoms with Gasteiger partial charge in [0.2, 0.25) is 0 Å². The molecule has 0 saturated carbocycles. The maximum absolute atomic E-state index is 9.06. The third kappa shape index (κ3) is 3.33. The highest BCUT2D eigenvalue weighted by Crippen LogP contribution is 2.32. The Labute approximate surface area is 157 Å². The van der Waals surface area contributed by atoms with Crippen molar-refractivity contribution < 1.29 is 0 Å². The minimum atomic E-state index is 0.555. The Hall–Kier alpha value is -3.78. The van der Waals surface area contributed by atoms with Crippen molar-refractivity contribution in [3.63, 3.8) is 0 Å². The van der Waals surface area contributed by atoms with Gasteiger partial charge in [0.05, 0.1) is 17.3 Å². The number of pyridine rings is 1. The number of rotatable bonds is 3. The lowest BCUT2D eigenvalue weighted by Crippen LogP contribution is -1.84. The highest BCUT2D eigenvalue weighted by atomic mass is 15.2. The molecule has 0 saturated heterocycles. The summed E-state index contributed by atoms with van der Waals surface area (Å²) in [6, 6.07) is 21.4. The normalized spacial score (nSPS) is 11.1. The van der Waals surface area contributed by atoms with Gasteiger partial charge in [-0.1, -0.05) is 35.9 Å². The van der Waals surface area contributed by atoms with Crippen LogP contribution in [0.5, 0.6) is 0 Å². The summed E-state index contributed by atoms with van der Waals surface area (Å²) in [7, 11) is 0. The van der Waals surface area contributed by atoms with Gasteiger partial charge in [0, 0.05) is 11.8 Å². The summed E-state index contributed by atoms with van der Waals surface area (Å²) in [6.07, 6.45) is 1.95. The van der Waals surface area contributed by atoms with E-state index in [2.05, 4.69) is 35.4 Å². The molecule has 2 aromatic heterocycles. The predicted molar refractivity (Wildman–Crippen MR) is 105 cm³/mol. The number of hydrogen-bond donors (Lipinski definition) is 0. The molecule has 4 aromatic rings. The lowest BCUT2D eigenvalue weighted by atomic mass is 10.1. The Kier molecular flexibility index (Phi) is 4.23. The van der Waals surface area contributed by atoms with E-state index in [0.29, 0.717) is 17.1 Å². The fraction of sp³-hybridized carbons (Fsp3) is 0.0909. The van der Waals surface area contributed by atoms with Crippen LogP contribution in [-0.2, 0) is 0 Å². The fourth-order valence-electron chi connectivity index (χ4n) is 2.88. The van der Waals surface area contributed by atoms with Crippen LogP contribution in [0.15, 0.2) is 77.1 Å². The monoisotopic (exact) mass is 351 g/mol. The van der Waals surface area contributed by atoms with E-state index in [4.69, 9.17) is 10.2 Å². The summed E-state index contributed by atoms with van der Waals surface area (Å²) in [6.45, 7) is 4.09. The van der Waals surface area contributed by atoms with Crippen molar-refractivity contribution in [3.8, 4) is 17.3 Å². The smallest absolute Gasteiger partial charge is 0.187 e. The molecule has 0 aliphatic heterocycles. The molecule has 27 heavy (non-hydrogen) atoms. The van der Waals surface area contributed by atoms with Gasteiger partial charge in [-0.2, -0.15) is 5.26 Å². The summed E-state index contributed by atoms with van der Waals surface area (Å²) >= 11 is 0. The largest absolute Gasteiger partial charge is 0.283 e. The molecule has 4 rings (SSSR count). The number of benzene rings is 2. The first-order chi connectivity index (χ1) is 13.1. The van der Waals surface area contributed by atoms with Gasteiger partial charge < -0.3 is 0 Å². The van der Waals surface area contributed by atoms with Crippen LogP contribution >= 0.6 is 0 Å². The molecule has 0 unspecified atom stereocenters. The van der Waals surface area contributed by atoms with Crippen LogP contribution in [0.1, 0.15) is 16.7 Å². The van der Waals surface area contributed by atoms with Gasteiger partial charge in [-0.25, -0.2) is 4.98 Å². The number of azo groups is 1. The first-order valence-corrected chi connectivity index (χ1v) is 8.62. The lowest BCUT2D eigenvalue weighted by molar-refractivity contribution is 1.10. The second-order valence-electron chi connectivity index (χ2n) is 6.44. The molecular weight excluding hydrogens is 334 g/mol. The highest BCUT2D eigenvalue weighted by Gasteiger charge is 2.14. The summed E-state index contributed by atoms with van der Waals surface area (Å²) in [5.74, 6) is 0.663. The van der Waals surface area contributed by atoms with Crippen LogP contribution in [-0.4, -0.2) is 9.38 Å². The SMILES string of the molecule is Cc1ccc(-c2nc3cc(C)ccn3c2N=Nc2cccc(C#N)c2)cc1. The second kappa shape index (κ2) is 6.85. The summed E-state index contributed by atoms with van der Waals surface area (Å²) in [5, 5.41) is 17.9. The van der Waals surface area contributed by atoms with Crippen molar-refractivity contribution in [1.29, 1.82) is 5.26 Å². The summed E-state index contributed by atoms with van der Waals surface area (Å²) in [4.78, 5) is 4.78. The Morgan fingerprint density at radius 1 is 0.926 bits per heavy atom. The van der Waals surface area contributed by atoms with Crippen LogP contribution in [0.2, 0.25) is 0 Å². The van der Waals surface area contributed by atoms with Crippen LogP contribution in [0.3, 0.4) is 0 Å². The maximum Gasteiger partial charge on any atom is 0.187 e. The van der Waals surface area contributed by atoms with Gasteiger partial charge in [0.1, 0.15) is 11.3 Å². The standard InChI is InChI=1S/C22H17N5/c1-15-6-8-18(9-7-15)21-22(27-11-10-16(2)12-20(27)24-21)26-25-19-5-3-4-17(13-19)14-23/h3-13H,1-2H3. The summed E-state index contributed by atoms with van der Waals surface area (Å²) < 4.78 is 1.93.